The summed E-state index contributed by atoms with van der Waals surface area (Å²) in [5.74, 6) is 0.781. The van der Waals surface area contributed by atoms with Crippen LogP contribution < -0.4 is 5.73 Å². The lowest BCUT2D eigenvalue weighted by molar-refractivity contribution is 0.0717. The molecule has 1 aliphatic rings. The Morgan fingerprint density at radius 2 is 2.24 bits per heavy atom. The van der Waals surface area contributed by atoms with E-state index in [4.69, 9.17) is 22.1 Å². The zero-order valence-electron chi connectivity index (χ0n) is 12.5. The van der Waals surface area contributed by atoms with Crippen LogP contribution in [0.3, 0.4) is 0 Å². The molecule has 1 saturated carbocycles. The SMILES string of the molecule is CCC(N)Cc1cn(COCC2CC2)c2cc(Cl)ccc12. The molecule has 0 bridgehead atoms. The minimum absolute atomic E-state index is 0.201. The second-order valence-electron chi connectivity index (χ2n) is 6.10. The first-order chi connectivity index (χ1) is 10.2. The van der Waals surface area contributed by atoms with Crippen molar-refractivity contribution in [1.29, 1.82) is 0 Å². The first kappa shape index (κ1) is 14.9. The quantitative estimate of drug-likeness (QED) is 0.841. The summed E-state index contributed by atoms with van der Waals surface area (Å²) in [6, 6.07) is 6.25. The molecular formula is C17H23ClN2O. The Bertz CT molecular complexity index is 619. The summed E-state index contributed by atoms with van der Waals surface area (Å²) in [4.78, 5) is 0. The van der Waals surface area contributed by atoms with Crippen LogP contribution >= 0.6 is 11.6 Å². The second kappa shape index (κ2) is 6.39. The molecule has 114 valence electrons. The summed E-state index contributed by atoms with van der Waals surface area (Å²) < 4.78 is 7.98. The third-order valence-corrected chi connectivity index (χ3v) is 4.45. The van der Waals surface area contributed by atoms with Gasteiger partial charge in [0.25, 0.3) is 0 Å². The van der Waals surface area contributed by atoms with Crippen molar-refractivity contribution in [2.45, 2.75) is 45.4 Å². The zero-order chi connectivity index (χ0) is 14.8. The second-order valence-corrected chi connectivity index (χ2v) is 6.54. The molecule has 1 aliphatic carbocycles. The van der Waals surface area contributed by atoms with E-state index in [-0.39, 0.29) is 6.04 Å². The number of rotatable bonds is 7. The van der Waals surface area contributed by atoms with Crippen molar-refractivity contribution in [2.24, 2.45) is 11.7 Å². The summed E-state index contributed by atoms with van der Waals surface area (Å²) in [5.41, 5.74) is 8.54. The van der Waals surface area contributed by atoms with Crippen molar-refractivity contribution in [3.63, 3.8) is 0 Å². The van der Waals surface area contributed by atoms with Crippen LogP contribution in [0.25, 0.3) is 10.9 Å². The van der Waals surface area contributed by atoms with Crippen LogP contribution in [-0.4, -0.2) is 17.2 Å². The van der Waals surface area contributed by atoms with Gasteiger partial charge in [-0.2, -0.15) is 0 Å². The van der Waals surface area contributed by atoms with E-state index < -0.39 is 0 Å². The summed E-state index contributed by atoms with van der Waals surface area (Å²) >= 11 is 6.15. The lowest BCUT2D eigenvalue weighted by atomic mass is 10.0. The molecule has 0 aliphatic heterocycles. The monoisotopic (exact) mass is 306 g/mol. The van der Waals surface area contributed by atoms with E-state index in [2.05, 4.69) is 23.8 Å². The van der Waals surface area contributed by atoms with Gasteiger partial charge in [-0.3, -0.25) is 0 Å². The minimum atomic E-state index is 0.201. The highest BCUT2D eigenvalue weighted by atomic mass is 35.5. The van der Waals surface area contributed by atoms with E-state index in [0.29, 0.717) is 6.73 Å². The molecule has 1 atom stereocenters. The lowest BCUT2D eigenvalue weighted by Gasteiger charge is -2.07. The van der Waals surface area contributed by atoms with Crippen molar-refractivity contribution >= 4 is 22.5 Å². The Labute approximate surface area is 131 Å². The van der Waals surface area contributed by atoms with E-state index in [1.54, 1.807) is 0 Å². The molecule has 3 rings (SSSR count). The van der Waals surface area contributed by atoms with Crippen LogP contribution in [0.5, 0.6) is 0 Å². The average molecular weight is 307 g/mol. The smallest absolute Gasteiger partial charge is 0.122 e. The van der Waals surface area contributed by atoms with Gasteiger partial charge in [0.15, 0.2) is 0 Å². The maximum absolute atomic E-state index is 6.15. The van der Waals surface area contributed by atoms with Gasteiger partial charge in [0.2, 0.25) is 0 Å². The molecule has 1 fully saturated rings. The Balaban J connectivity index is 1.84. The number of nitrogens with zero attached hydrogens (tertiary/aromatic N) is 1. The van der Waals surface area contributed by atoms with Gasteiger partial charge in [-0.25, -0.2) is 0 Å². The molecule has 0 saturated heterocycles. The number of ether oxygens (including phenoxy) is 1. The Morgan fingerprint density at radius 1 is 1.43 bits per heavy atom. The molecule has 1 heterocycles. The minimum Gasteiger partial charge on any atom is -0.360 e. The molecule has 1 aromatic carbocycles. The Hall–Kier alpha value is -1.03. The van der Waals surface area contributed by atoms with E-state index in [1.807, 2.05) is 12.1 Å². The van der Waals surface area contributed by atoms with Crippen LogP contribution in [0.2, 0.25) is 5.02 Å². The van der Waals surface area contributed by atoms with Crippen LogP contribution in [0.1, 0.15) is 31.7 Å². The van der Waals surface area contributed by atoms with Crippen molar-refractivity contribution in [3.05, 3.63) is 35.0 Å². The molecule has 21 heavy (non-hydrogen) atoms. The standard InChI is InChI=1S/C17H23ClN2O/c1-2-15(19)7-13-9-20(11-21-10-12-3-4-12)17-8-14(18)5-6-16(13)17/h5-6,8-9,12,15H,2-4,7,10-11,19H2,1H3. The van der Waals surface area contributed by atoms with Crippen molar-refractivity contribution in [3.8, 4) is 0 Å². The number of hydrogen-bond donors (Lipinski definition) is 1. The van der Waals surface area contributed by atoms with Gasteiger partial charge >= 0.3 is 0 Å². The predicted octanol–water partition coefficient (Wildman–Crippen LogP) is 3.96. The highest BCUT2D eigenvalue weighted by molar-refractivity contribution is 6.31. The fraction of sp³-hybridized carbons (Fsp3) is 0.529. The van der Waals surface area contributed by atoms with Crippen LogP contribution in [0, 0.1) is 5.92 Å². The number of aromatic nitrogens is 1. The maximum Gasteiger partial charge on any atom is 0.122 e. The molecule has 1 unspecified atom stereocenters. The molecular weight excluding hydrogens is 284 g/mol. The molecule has 0 spiro atoms. The average Bonchev–Trinajstić information content (AvgIpc) is 3.23. The largest absolute Gasteiger partial charge is 0.360 e. The van der Waals surface area contributed by atoms with Gasteiger partial charge in [-0.05, 0) is 49.3 Å². The van der Waals surface area contributed by atoms with Gasteiger partial charge in [0.05, 0.1) is 12.1 Å². The number of hydrogen-bond acceptors (Lipinski definition) is 2. The molecule has 2 N–H and O–H groups in total. The normalized spacial score (nSPS) is 16.5. The molecule has 4 heteroatoms. The third kappa shape index (κ3) is 3.60. The Kier molecular flexibility index (Phi) is 4.53. The van der Waals surface area contributed by atoms with E-state index >= 15 is 0 Å². The summed E-state index contributed by atoms with van der Waals surface area (Å²) in [6.07, 6.45) is 6.68. The Morgan fingerprint density at radius 3 is 2.95 bits per heavy atom. The number of halogens is 1. The number of nitrogens with two attached hydrogens (primary N) is 1. The zero-order valence-corrected chi connectivity index (χ0v) is 13.3. The molecule has 3 nitrogen and oxygen atoms in total. The number of benzene rings is 1. The van der Waals surface area contributed by atoms with E-state index in [9.17, 15) is 0 Å². The van der Waals surface area contributed by atoms with Gasteiger partial charge in [0, 0.05) is 22.6 Å². The fourth-order valence-electron chi connectivity index (χ4n) is 2.64. The van der Waals surface area contributed by atoms with Crippen molar-refractivity contribution in [2.75, 3.05) is 6.61 Å². The summed E-state index contributed by atoms with van der Waals surface area (Å²) in [6.45, 7) is 3.58. The highest BCUT2D eigenvalue weighted by Crippen LogP contribution is 2.30. The van der Waals surface area contributed by atoms with Crippen LogP contribution in [0.4, 0.5) is 0 Å². The number of fused-ring (bicyclic) bond motifs is 1. The van der Waals surface area contributed by atoms with Crippen LogP contribution in [0.15, 0.2) is 24.4 Å². The van der Waals surface area contributed by atoms with Crippen LogP contribution in [-0.2, 0) is 17.9 Å². The van der Waals surface area contributed by atoms with Gasteiger partial charge in [-0.15, -0.1) is 0 Å². The maximum atomic E-state index is 6.15. The lowest BCUT2D eigenvalue weighted by Crippen LogP contribution is -2.21. The molecule has 0 amide bonds. The van der Waals surface area contributed by atoms with E-state index in [0.717, 1.165) is 35.9 Å². The summed E-state index contributed by atoms with van der Waals surface area (Å²) in [7, 11) is 0. The molecule has 1 aromatic heterocycles. The van der Waals surface area contributed by atoms with Crippen molar-refractivity contribution < 1.29 is 4.74 Å². The third-order valence-electron chi connectivity index (χ3n) is 4.21. The molecule has 2 aromatic rings. The topological polar surface area (TPSA) is 40.2 Å². The first-order valence-corrected chi connectivity index (χ1v) is 8.15. The first-order valence-electron chi connectivity index (χ1n) is 7.78. The summed E-state index contributed by atoms with van der Waals surface area (Å²) in [5, 5.41) is 1.99. The van der Waals surface area contributed by atoms with Gasteiger partial charge in [-0.1, -0.05) is 24.6 Å². The molecule has 0 radical (unpaired) electrons. The van der Waals surface area contributed by atoms with Crippen molar-refractivity contribution in [1.82, 2.24) is 4.57 Å². The fourth-order valence-corrected chi connectivity index (χ4v) is 2.81. The predicted molar refractivity (Wildman–Crippen MR) is 87.6 cm³/mol. The van der Waals surface area contributed by atoms with Gasteiger partial charge in [0.1, 0.15) is 6.73 Å². The van der Waals surface area contributed by atoms with E-state index in [1.165, 1.54) is 23.8 Å². The van der Waals surface area contributed by atoms with Gasteiger partial charge < -0.3 is 15.0 Å². The highest BCUT2D eigenvalue weighted by Gasteiger charge is 2.21.